The summed E-state index contributed by atoms with van der Waals surface area (Å²) in [7, 11) is -2.60. The van der Waals surface area contributed by atoms with Crippen LogP contribution in [-0.2, 0) is 0 Å². The summed E-state index contributed by atoms with van der Waals surface area (Å²) in [5, 5.41) is 0. The van der Waals surface area contributed by atoms with Gasteiger partial charge in [-0.15, -0.1) is 0 Å². The Morgan fingerprint density at radius 1 is 1.40 bits per heavy atom. The molecule has 0 aliphatic carbocycles. The maximum atomic E-state index is 8.52. The molecule has 0 fully saturated rings. The normalized spacial score (nSPS) is 7.20. The van der Waals surface area contributed by atoms with Crippen LogP contribution in [0.1, 0.15) is 0 Å². The van der Waals surface area contributed by atoms with Crippen molar-refractivity contribution in [3.8, 4) is 0 Å². The van der Waals surface area contributed by atoms with Crippen LogP contribution in [0.5, 0.6) is 0 Å². The van der Waals surface area contributed by atoms with E-state index in [1.165, 1.54) is 0 Å². The summed E-state index contributed by atoms with van der Waals surface area (Å²) < 4.78 is 24.0. The van der Waals surface area contributed by atoms with Gasteiger partial charge in [0.25, 0.3) is 10.8 Å². The largest absolute Gasteiger partial charge is 0.321 e. The van der Waals surface area contributed by atoms with E-state index in [0.717, 1.165) is 0 Å². The Kier molecular flexibility index (Phi) is 10.8. The minimum atomic E-state index is -2.60. The Morgan fingerprint density at radius 2 is 1.40 bits per heavy atom. The van der Waals surface area contributed by atoms with Crippen LogP contribution in [0.4, 0.5) is 0 Å². The molecular formula is HCeClO3. The third kappa shape index (κ3) is 29.2. The first kappa shape index (κ1) is 9.74. The average molecular weight is 225 g/mol. The molecular weight excluding hydrogens is 224 g/mol. The van der Waals surface area contributed by atoms with E-state index in [2.05, 4.69) is 0 Å². The van der Waals surface area contributed by atoms with Crippen molar-refractivity contribution in [3.63, 3.8) is 0 Å². The molecule has 0 atom stereocenters. The zero-order chi connectivity index (χ0) is 3.58. The predicted molar refractivity (Wildman–Crippen MR) is 2.22 cm³/mol. The number of halogens is 1. The van der Waals surface area contributed by atoms with Gasteiger partial charge in [-0.1, -0.05) is 0 Å². The van der Waals surface area contributed by atoms with Gasteiger partial charge in [-0.3, -0.25) is 0 Å². The van der Waals surface area contributed by atoms with Crippen molar-refractivity contribution < 1.29 is 66.5 Å². The van der Waals surface area contributed by atoms with E-state index in [4.69, 9.17) is 14.0 Å². The summed E-state index contributed by atoms with van der Waals surface area (Å²) in [6.07, 6.45) is 0. The molecule has 30 valence electrons. The third-order valence-electron chi connectivity index (χ3n) is 0. The molecule has 3 nitrogen and oxygen atoms in total. The van der Waals surface area contributed by atoms with E-state index < -0.39 is 10.8 Å². The molecule has 5 heavy (non-hydrogen) atoms. The van der Waals surface area contributed by atoms with Gasteiger partial charge in [-0.2, -0.15) is 0 Å². The van der Waals surface area contributed by atoms with Crippen molar-refractivity contribution in [3.05, 3.63) is 0 Å². The van der Waals surface area contributed by atoms with E-state index in [0.29, 0.717) is 0 Å². The van der Waals surface area contributed by atoms with Crippen LogP contribution < -0.4 is 9.32 Å². The van der Waals surface area contributed by atoms with E-state index in [1.54, 1.807) is 0 Å². The Bertz CT molecular complexity index is 11.6. The Morgan fingerprint density at radius 3 is 1.40 bits per heavy atom. The second-order valence-electron chi connectivity index (χ2n) is 0.201. The molecule has 0 aromatic carbocycles. The Balaban J connectivity index is 0. The van der Waals surface area contributed by atoms with Gasteiger partial charge in [-0.05, 0) is 0 Å². The van der Waals surface area contributed by atoms with Gasteiger partial charge >= 0.3 is 0 Å². The summed E-state index contributed by atoms with van der Waals surface area (Å²) in [6.45, 7) is 0. The Hall–Kier alpha value is 1.55. The summed E-state index contributed by atoms with van der Waals surface area (Å²) in [4.78, 5) is 0. The van der Waals surface area contributed by atoms with Crippen LogP contribution in [-0.4, -0.2) is 4.66 Å². The minimum Gasteiger partial charge on any atom is -0.321 e. The topological polar surface area (TPSA) is 66.3 Å². The van der Waals surface area contributed by atoms with Gasteiger partial charge in [0.15, 0.2) is 0 Å². The summed E-state index contributed by atoms with van der Waals surface area (Å²) >= 11 is 0. The van der Waals surface area contributed by atoms with Crippen LogP contribution in [0.2, 0.25) is 0 Å². The SMILES string of the molecule is [Ce].[O-][Cl+2]([O-])O. The fourth-order valence-corrected chi connectivity index (χ4v) is 0. The predicted octanol–water partition coefficient (Wildman–Crippen LogP) is -2.94. The molecule has 0 aliphatic heterocycles. The average Bonchev–Trinajstić information content (AvgIpc) is 0.811. The maximum absolute atomic E-state index is 8.52. The molecule has 5 heteroatoms. The maximum Gasteiger partial charge on any atom is 0.282 e. The summed E-state index contributed by atoms with van der Waals surface area (Å²) in [6, 6.07) is 0. The molecule has 0 amide bonds. The van der Waals surface area contributed by atoms with Crippen molar-refractivity contribution >= 4 is 0 Å². The standard InChI is InChI=1S/Ce.ClHO3/c;2-1(3)4/h;2H. The first-order valence-electron chi connectivity index (χ1n) is 0.478. The molecule has 0 saturated carbocycles. The number of rotatable bonds is 0. The van der Waals surface area contributed by atoms with E-state index >= 15 is 0 Å². The first-order valence-corrected chi connectivity index (χ1v) is 1.43. The van der Waals surface area contributed by atoms with Crippen LogP contribution >= 0.6 is 0 Å². The molecule has 1 N–H and O–H groups in total. The van der Waals surface area contributed by atoms with Gasteiger partial charge in [0.2, 0.25) is 0 Å². The zero-order valence-corrected chi connectivity index (χ0v) is 6.04. The van der Waals surface area contributed by atoms with Crippen molar-refractivity contribution in [1.82, 2.24) is 0 Å². The molecule has 0 aliphatic rings. The fourth-order valence-electron chi connectivity index (χ4n) is 0. The summed E-state index contributed by atoms with van der Waals surface area (Å²) in [5.74, 6) is 0. The van der Waals surface area contributed by atoms with E-state index in [9.17, 15) is 0 Å². The van der Waals surface area contributed by atoms with Crippen LogP contribution in [0.3, 0.4) is 0 Å². The van der Waals surface area contributed by atoms with Crippen molar-refractivity contribution in [2.45, 2.75) is 0 Å². The smallest absolute Gasteiger partial charge is 0.282 e. The van der Waals surface area contributed by atoms with Crippen LogP contribution in [0.25, 0.3) is 0 Å². The van der Waals surface area contributed by atoms with Gasteiger partial charge in [0, 0.05) is 46.4 Å². The van der Waals surface area contributed by atoms with Gasteiger partial charge in [0.1, 0.15) is 0 Å². The third-order valence-corrected chi connectivity index (χ3v) is 0. The second kappa shape index (κ2) is 5.55. The zero-order valence-electron chi connectivity index (χ0n) is 2.14. The van der Waals surface area contributed by atoms with Gasteiger partial charge in [-0.25, -0.2) is 0 Å². The van der Waals surface area contributed by atoms with Crippen LogP contribution in [0, 0.1) is 52.5 Å². The fraction of sp³-hybridized carbons (Fsp3) is 0. The van der Waals surface area contributed by atoms with Gasteiger partial charge < -0.3 is 9.32 Å². The van der Waals surface area contributed by atoms with Gasteiger partial charge in [0.05, 0.1) is 0 Å². The minimum absolute atomic E-state index is 0. The van der Waals surface area contributed by atoms with Crippen molar-refractivity contribution in [1.29, 1.82) is 0 Å². The molecule has 0 unspecified atom stereocenters. The quantitative estimate of drug-likeness (QED) is 0.479. The molecule has 0 heterocycles. The van der Waals surface area contributed by atoms with Crippen molar-refractivity contribution in [2.75, 3.05) is 0 Å². The molecule has 0 aromatic rings. The number of hydrogen-bond acceptors (Lipinski definition) is 3. The first-order chi connectivity index (χ1) is 1.73. The second-order valence-corrected chi connectivity index (χ2v) is 0.603. The monoisotopic (exact) mass is 224 g/mol. The van der Waals surface area contributed by atoms with E-state index in [-0.39, 0.29) is 41.7 Å². The van der Waals surface area contributed by atoms with Crippen molar-refractivity contribution in [2.24, 2.45) is 0 Å². The Labute approximate surface area is 65.8 Å². The molecule has 0 spiro atoms. The number of hydrogen-bond donors (Lipinski definition) is 1. The molecule has 0 radical (unpaired) electrons. The molecule has 0 saturated heterocycles. The molecule has 0 bridgehead atoms. The summed E-state index contributed by atoms with van der Waals surface area (Å²) in [5.41, 5.74) is 0. The molecule has 0 aromatic heterocycles. The van der Waals surface area contributed by atoms with E-state index in [1.807, 2.05) is 0 Å². The molecule has 0 rings (SSSR count). The van der Waals surface area contributed by atoms with Crippen LogP contribution in [0.15, 0.2) is 0 Å².